The van der Waals surface area contributed by atoms with Crippen LogP contribution >= 0.6 is 0 Å². The number of aryl methyl sites for hydroxylation is 1. The van der Waals surface area contributed by atoms with Crippen LogP contribution in [0.1, 0.15) is 52.7 Å². The molecule has 0 atom stereocenters. The number of carbonyl (C=O) groups excluding carboxylic acids is 2. The van der Waals surface area contributed by atoms with E-state index in [1.54, 1.807) is 0 Å². The Bertz CT molecular complexity index is 870. The molecule has 4 rings (SSSR count). The fraction of sp³-hybridized carbons (Fsp3) is 0.417. The molecule has 0 aromatic heterocycles. The third-order valence-corrected chi connectivity index (χ3v) is 5.92. The van der Waals surface area contributed by atoms with E-state index in [-0.39, 0.29) is 18.4 Å². The predicted molar refractivity (Wildman–Crippen MR) is 115 cm³/mol. The van der Waals surface area contributed by atoms with Crippen molar-refractivity contribution in [2.75, 3.05) is 25.0 Å². The number of anilines is 1. The number of hydrogen-bond donors (Lipinski definition) is 2. The average Bonchev–Trinajstić information content (AvgIpc) is 3.31. The molecule has 2 amide bonds. The fourth-order valence-corrected chi connectivity index (χ4v) is 4.25. The van der Waals surface area contributed by atoms with Crippen LogP contribution < -0.4 is 10.6 Å². The zero-order valence-electron chi connectivity index (χ0n) is 16.9. The van der Waals surface area contributed by atoms with Gasteiger partial charge < -0.3 is 15.5 Å². The topological polar surface area (TPSA) is 61.4 Å². The maximum absolute atomic E-state index is 12.4. The molecule has 1 aliphatic carbocycles. The lowest BCUT2D eigenvalue weighted by molar-refractivity contribution is -0.119. The highest BCUT2D eigenvalue weighted by molar-refractivity contribution is 5.94. The summed E-state index contributed by atoms with van der Waals surface area (Å²) in [6.07, 6.45) is 6.87. The molecular weight excluding hydrogens is 362 g/mol. The van der Waals surface area contributed by atoms with E-state index in [0.717, 1.165) is 55.6 Å². The number of carbonyl (C=O) groups is 2. The van der Waals surface area contributed by atoms with Gasteiger partial charge in [-0.05, 0) is 73.4 Å². The molecule has 0 radical (unpaired) electrons. The van der Waals surface area contributed by atoms with Crippen LogP contribution in [0.25, 0.3) is 0 Å². The molecule has 2 N–H and O–H groups in total. The Balaban J connectivity index is 1.26. The molecule has 1 saturated heterocycles. The molecule has 2 aliphatic rings. The van der Waals surface area contributed by atoms with Gasteiger partial charge in [0.15, 0.2) is 0 Å². The molecule has 0 saturated carbocycles. The van der Waals surface area contributed by atoms with E-state index in [9.17, 15) is 9.59 Å². The van der Waals surface area contributed by atoms with E-state index >= 15 is 0 Å². The molecule has 152 valence electrons. The number of hydrogen-bond acceptors (Lipinski definition) is 3. The second-order valence-corrected chi connectivity index (χ2v) is 7.98. The van der Waals surface area contributed by atoms with Gasteiger partial charge in [-0.15, -0.1) is 0 Å². The van der Waals surface area contributed by atoms with Crippen LogP contribution in [0.2, 0.25) is 0 Å². The highest BCUT2D eigenvalue weighted by Crippen LogP contribution is 2.27. The first-order valence-corrected chi connectivity index (χ1v) is 10.7. The van der Waals surface area contributed by atoms with Crippen LogP contribution in [0.5, 0.6) is 0 Å². The van der Waals surface area contributed by atoms with Gasteiger partial charge in [-0.3, -0.25) is 9.59 Å². The zero-order valence-corrected chi connectivity index (χ0v) is 16.9. The van der Waals surface area contributed by atoms with E-state index < -0.39 is 0 Å². The summed E-state index contributed by atoms with van der Waals surface area (Å²) in [7, 11) is 0. The van der Waals surface area contributed by atoms with Gasteiger partial charge in [0.2, 0.25) is 5.91 Å². The van der Waals surface area contributed by atoms with Crippen molar-refractivity contribution < 1.29 is 9.59 Å². The standard InChI is InChI=1S/C24H29N3O2/c28-23(17-25-22-9-5-7-19-6-1-2-8-21(19)22)26-16-18-10-12-20(13-11-18)24(29)27-14-3-4-15-27/h5,7,9-13,25H,1-4,6,8,14-17H2,(H,26,28). The largest absolute Gasteiger partial charge is 0.376 e. The zero-order chi connectivity index (χ0) is 20.1. The van der Waals surface area contributed by atoms with Crippen LogP contribution in [0.4, 0.5) is 5.69 Å². The lowest BCUT2D eigenvalue weighted by Gasteiger charge is -2.20. The van der Waals surface area contributed by atoms with Gasteiger partial charge in [0.25, 0.3) is 5.91 Å². The molecule has 0 spiro atoms. The molecule has 5 nitrogen and oxygen atoms in total. The van der Waals surface area contributed by atoms with Gasteiger partial charge >= 0.3 is 0 Å². The molecule has 1 aliphatic heterocycles. The van der Waals surface area contributed by atoms with Crippen molar-refractivity contribution in [2.24, 2.45) is 0 Å². The van der Waals surface area contributed by atoms with Gasteiger partial charge in [-0.2, -0.15) is 0 Å². The van der Waals surface area contributed by atoms with E-state index in [2.05, 4.69) is 28.8 Å². The van der Waals surface area contributed by atoms with Gasteiger partial charge in [0.05, 0.1) is 6.54 Å². The van der Waals surface area contributed by atoms with E-state index in [0.29, 0.717) is 6.54 Å². The molecule has 2 aromatic carbocycles. The van der Waals surface area contributed by atoms with Crippen LogP contribution in [0, 0.1) is 0 Å². The van der Waals surface area contributed by atoms with Crippen molar-refractivity contribution in [3.05, 3.63) is 64.7 Å². The summed E-state index contributed by atoms with van der Waals surface area (Å²) in [5.74, 6) is 0.0733. The molecule has 1 heterocycles. The maximum atomic E-state index is 12.4. The fourth-order valence-electron chi connectivity index (χ4n) is 4.25. The number of likely N-dealkylation sites (tertiary alicyclic amines) is 1. The van der Waals surface area contributed by atoms with Crippen LogP contribution in [-0.2, 0) is 24.2 Å². The maximum Gasteiger partial charge on any atom is 0.253 e. The molecule has 1 fully saturated rings. The number of nitrogens with zero attached hydrogens (tertiary/aromatic N) is 1. The third kappa shape index (κ3) is 4.78. The smallest absolute Gasteiger partial charge is 0.253 e. The lowest BCUT2D eigenvalue weighted by Crippen LogP contribution is -2.30. The van der Waals surface area contributed by atoms with Crippen molar-refractivity contribution in [1.82, 2.24) is 10.2 Å². The lowest BCUT2D eigenvalue weighted by atomic mass is 9.90. The monoisotopic (exact) mass is 391 g/mol. The molecule has 2 aromatic rings. The summed E-state index contributed by atoms with van der Waals surface area (Å²) in [5, 5.41) is 6.26. The summed E-state index contributed by atoms with van der Waals surface area (Å²) >= 11 is 0. The molecule has 29 heavy (non-hydrogen) atoms. The van der Waals surface area contributed by atoms with Crippen molar-refractivity contribution in [3.63, 3.8) is 0 Å². The highest BCUT2D eigenvalue weighted by atomic mass is 16.2. The Kier molecular flexibility index (Phi) is 6.13. The minimum absolute atomic E-state index is 0.0318. The predicted octanol–water partition coefficient (Wildman–Crippen LogP) is 3.53. The van der Waals surface area contributed by atoms with Crippen molar-refractivity contribution in [3.8, 4) is 0 Å². The normalized spacial score (nSPS) is 15.7. The van der Waals surface area contributed by atoms with Gasteiger partial charge in [0, 0.05) is 30.9 Å². The number of fused-ring (bicyclic) bond motifs is 1. The summed E-state index contributed by atoms with van der Waals surface area (Å²) in [6, 6.07) is 13.9. The molecule has 5 heteroatoms. The first kappa shape index (κ1) is 19.5. The molecule has 0 bridgehead atoms. The van der Waals surface area contributed by atoms with E-state index in [1.165, 1.54) is 24.0 Å². The number of amides is 2. The SMILES string of the molecule is O=C(CNc1cccc2c1CCCC2)NCc1ccc(C(=O)N2CCCC2)cc1. The van der Waals surface area contributed by atoms with E-state index in [1.807, 2.05) is 29.2 Å². The number of nitrogens with one attached hydrogen (secondary N) is 2. The highest BCUT2D eigenvalue weighted by Gasteiger charge is 2.19. The van der Waals surface area contributed by atoms with Crippen molar-refractivity contribution in [2.45, 2.75) is 45.1 Å². The van der Waals surface area contributed by atoms with Crippen LogP contribution in [-0.4, -0.2) is 36.3 Å². The second-order valence-electron chi connectivity index (χ2n) is 7.98. The minimum Gasteiger partial charge on any atom is -0.376 e. The van der Waals surface area contributed by atoms with Crippen LogP contribution in [0.15, 0.2) is 42.5 Å². The van der Waals surface area contributed by atoms with Gasteiger partial charge in [-0.25, -0.2) is 0 Å². The average molecular weight is 392 g/mol. The van der Waals surface area contributed by atoms with E-state index in [4.69, 9.17) is 0 Å². The Morgan fingerprint density at radius 3 is 2.45 bits per heavy atom. The van der Waals surface area contributed by atoms with Gasteiger partial charge in [0.1, 0.15) is 0 Å². The number of benzene rings is 2. The minimum atomic E-state index is -0.0318. The van der Waals surface area contributed by atoms with Crippen molar-refractivity contribution >= 4 is 17.5 Å². The first-order chi connectivity index (χ1) is 14.2. The van der Waals surface area contributed by atoms with Crippen LogP contribution in [0.3, 0.4) is 0 Å². The summed E-state index contributed by atoms with van der Waals surface area (Å²) in [4.78, 5) is 26.6. The summed E-state index contributed by atoms with van der Waals surface area (Å²) < 4.78 is 0. The number of rotatable bonds is 6. The third-order valence-electron chi connectivity index (χ3n) is 5.92. The Hall–Kier alpha value is -2.82. The first-order valence-electron chi connectivity index (χ1n) is 10.7. The second kappa shape index (κ2) is 9.12. The molecular formula is C24H29N3O2. The van der Waals surface area contributed by atoms with Gasteiger partial charge in [-0.1, -0.05) is 24.3 Å². The Morgan fingerprint density at radius 1 is 0.897 bits per heavy atom. The quantitative estimate of drug-likeness (QED) is 0.792. The summed E-state index contributed by atoms with van der Waals surface area (Å²) in [5.41, 5.74) is 5.57. The van der Waals surface area contributed by atoms with Crippen molar-refractivity contribution in [1.29, 1.82) is 0 Å². The molecule has 0 unspecified atom stereocenters. The Labute approximate surface area is 172 Å². The summed E-state index contributed by atoms with van der Waals surface area (Å²) in [6.45, 7) is 2.44. The Morgan fingerprint density at radius 2 is 1.66 bits per heavy atom.